The average molecular weight is 332 g/mol. The van der Waals surface area contributed by atoms with Crippen LogP contribution in [0, 0.1) is 0 Å². The number of allylic oxidation sites excluding steroid dienone is 3. The predicted octanol–water partition coefficient (Wildman–Crippen LogP) is 4.02. The van der Waals surface area contributed by atoms with E-state index in [9.17, 15) is 15.0 Å². The fraction of sp³-hybridized carbons (Fsp3) is 0.421. The van der Waals surface area contributed by atoms with Crippen LogP contribution in [0.25, 0.3) is 0 Å². The van der Waals surface area contributed by atoms with Crippen LogP contribution in [0.5, 0.6) is 11.5 Å². The maximum Gasteiger partial charge on any atom is 0.343 e. The monoisotopic (exact) mass is 332 g/mol. The summed E-state index contributed by atoms with van der Waals surface area (Å²) < 4.78 is 10.7. The first kappa shape index (κ1) is 18.1. The van der Waals surface area contributed by atoms with Crippen molar-refractivity contribution in [3.05, 3.63) is 47.6 Å². The van der Waals surface area contributed by atoms with Crippen LogP contribution in [0.1, 0.15) is 54.6 Å². The van der Waals surface area contributed by atoms with E-state index >= 15 is 0 Å². The Morgan fingerprint density at radius 3 is 2.67 bits per heavy atom. The second-order valence-corrected chi connectivity index (χ2v) is 5.73. The highest BCUT2D eigenvalue weighted by Gasteiger charge is 2.38. The molecule has 0 amide bonds. The van der Waals surface area contributed by atoms with E-state index in [0.717, 1.165) is 12.8 Å². The standard InChI is InChI=1S/C19H24O5/c1-3-4-5-6-7-8-9-10-15-18(23-2)16-13(20)11-12-14(21)17(16)19(22)24-15/h7-12,15,18,20-21H,3-6H2,1-2H3/b8-7+,10-9+/t15-,18+/m0/s1. The summed E-state index contributed by atoms with van der Waals surface area (Å²) in [7, 11) is 1.47. The predicted molar refractivity (Wildman–Crippen MR) is 91.1 cm³/mol. The van der Waals surface area contributed by atoms with Crippen LogP contribution in [0.2, 0.25) is 0 Å². The Hall–Kier alpha value is -2.27. The Morgan fingerprint density at radius 2 is 1.96 bits per heavy atom. The second-order valence-electron chi connectivity index (χ2n) is 5.73. The molecule has 0 spiro atoms. The highest BCUT2D eigenvalue weighted by molar-refractivity contribution is 5.96. The Morgan fingerprint density at radius 1 is 1.21 bits per heavy atom. The van der Waals surface area contributed by atoms with E-state index in [1.165, 1.54) is 32.1 Å². The number of aromatic hydroxyl groups is 2. The summed E-state index contributed by atoms with van der Waals surface area (Å²) in [4.78, 5) is 12.1. The number of cyclic esters (lactones) is 1. The number of hydrogen-bond donors (Lipinski definition) is 2. The van der Waals surface area contributed by atoms with Gasteiger partial charge in [-0.1, -0.05) is 38.0 Å². The minimum absolute atomic E-state index is 0.0402. The molecule has 1 aromatic carbocycles. The molecule has 5 nitrogen and oxygen atoms in total. The summed E-state index contributed by atoms with van der Waals surface area (Å²) in [5.41, 5.74) is 0.219. The van der Waals surface area contributed by atoms with Crippen molar-refractivity contribution in [1.29, 1.82) is 0 Å². The number of carbonyl (C=O) groups is 1. The summed E-state index contributed by atoms with van der Waals surface area (Å²) >= 11 is 0. The molecule has 0 saturated carbocycles. The largest absolute Gasteiger partial charge is 0.508 e. The van der Waals surface area contributed by atoms with Gasteiger partial charge in [0, 0.05) is 12.7 Å². The minimum Gasteiger partial charge on any atom is -0.508 e. The van der Waals surface area contributed by atoms with Crippen molar-refractivity contribution in [3.8, 4) is 11.5 Å². The highest BCUT2D eigenvalue weighted by atomic mass is 16.6. The van der Waals surface area contributed by atoms with Crippen LogP contribution >= 0.6 is 0 Å². The third-order valence-corrected chi connectivity index (χ3v) is 4.01. The number of rotatable bonds is 7. The van der Waals surface area contributed by atoms with Crippen molar-refractivity contribution in [1.82, 2.24) is 0 Å². The van der Waals surface area contributed by atoms with Crippen molar-refractivity contribution in [2.45, 2.75) is 44.8 Å². The van der Waals surface area contributed by atoms with Gasteiger partial charge in [-0.3, -0.25) is 0 Å². The molecule has 0 saturated heterocycles. The van der Waals surface area contributed by atoms with Gasteiger partial charge in [-0.15, -0.1) is 0 Å². The van der Waals surface area contributed by atoms with Crippen LogP contribution in [0.15, 0.2) is 36.4 Å². The Kier molecular flexibility index (Phi) is 6.44. The molecule has 24 heavy (non-hydrogen) atoms. The smallest absolute Gasteiger partial charge is 0.343 e. The number of benzene rings is 1. The van der Waals surface area contributed by atoms with E-state index < -0.39 is 18.2 Å². The molecule has 2 rings (SSSR count). The van der Waals surface area contributed by atoms with Gasteiger partial charge in [0.2, 0.25) is 0 Å². The maximum atomic E-state index is 12.1. The van der Waals surface area contributed by atoms with E-state index in [1.54, 1.807) is 12.2 Å². The molecule has 5 heteroatoms. The number of esters is 1. The lowest BCUT2D eigenvalue weighted by molar-refractivity contribution is -0.0291. The van der Waals surface area contributed by atoms with E-state index in [0.29, 0.717) is 0 Å². The van der Waals surface area contributed by atoms with Gasteiger partial charge in [0.15, 0.2) is 6.10 Å². The van der Waals surface area contributed by atoms with Gasteiger partial charge >= 0.3 is 5.97 Å². The number of phenolic OH excluding ortho intramolecular Hbond substituents is 2. The maximum absolute atomic E-state index is 12.1. The van der Waals surface area contributed by atoms with E-state index in [-0.39, 0.29) is 22.6 Å². The molecule has 2 atom stereocenters. The Balaban J connectivity index is 2.15. The lowest BCUT2D eigenvalue weighted by Crippen LogP contribution is -2.32. The summed E-state index contributed by atoms with van der Waals surface area (Å²) in [5, 5.41) is 19.9. The highest BCUT2D eigenvalue weighted by Crippen LogP contribution is 2.41. The summed E-state index contributed by atoms with van der Waals surface area (Å²) in [6.45, 7) is 2.16. The number of phenols is 2. The molecule has 0 aromatic heterocycles. The van der Waals surface area contributed by atoms with Crippen molar-refractivity contribution in [2.75, 3.05) is 7.11 Å². The van der Waals surface area contributed by atoms with E-state index in [2.05, 4.69) is 13.0 Å². The lowest BCUT2D eigenvalue weighted by atomic mass is 9.93. The molecular weight excluding hydrogens is 308 g/mol. The van der Waals surface area contributed by atoms with Gasteiger partial charge in [0.25, 0.3) is 0 Å². The fourth-order valence-electron chi connectivity index (χ4n) is 2.76. The lowest BCUT2D eigenvalue weighted by Gasteiger charge is -2.30. The SMILES string of the molecule is CCCCC/C=C/C=C/[C@@H]1OC(=O)c2c(O)ccc(O)c2[C@@H]1OC. The van der Waals surface area contributed by atoms with Gasteiger partial charge in [0.1, 0.15) is 23.2 Å². The molecule has 130 valence electrons. The Labute approximate surface area is 142 Å². The molecule has 0 unspecified atom stereocenters. The molecule has 0 aliphatic carbocycles. The van der Waals surface area contributed by atoms with Crippen LogP contribution in [-0.2, 0) is 9.47 Å². The third-order valence-electron chi connectivity index (χ3n) is 4.01. The molecule has 1 aliphatic rings. The van der Waals surface area contributed by atoms with Gasteiger partial charge in [-0.05, 0) is 31.1 Å². The van der Waals surface area contributed by atoms with Crippen molar-refractivity contribution in [3.63, 3.8) is 0 Å². The minimum atomic E-state index is -0.673. The van der Waals surface area contributed by atoms with Crippen LogP contribution in [0.3, 0.4) is 0 Å². The normalized spacial score (nSPS) is 20.5. The van der Waals surface area contributed by atoms with Crippen LogP contribution in [-0.4, -0.2) is 29.4 Å². The second kappa shape index (κ2) is 8.55. The number of carbonyl (C=O) groups excluding carboxylic acids is 1. The molecule has 2 N–H and O–H groups in total. The molecular formula is C19H24O5. The van der Waals surface area contributed by atoms with Gasteiger partial charge in [0.05, 0.1) is 0 Å². The van der Waals surface area contributed by atoms with Gasteiger partial charge < -0.3 is 19.7 Å². The zero-order valence-electron chi connectivity index (χ0n) is 14.1. The topological polar surface area (TPSA) is 76.0 Å². The zero-order chi connectivity index (χ0) is 17.5. The summed E-state index contributed by atoms with van der Waals surface area (Å²) in [5.74, 6) is -0.999. The zero-order valence-corrected chi connectivity index (χ0v) is 14.1. The van der Waals surface area contributed by atoms with Gasteiger partial charge in [-0.25, -0.2) is 4.79 Å². The molecule has 1 aliphatic heterocycles. The number of unbranched alkanes of at least 4 members (excludes halogenated alkanes) is 3. The van der Waals surface area contributed by atoms with Crippen LogP contribution in [0.4, 0.5) is 0 Å². The molecule has 0 bridgehead atoms. The molecule has 1 heterocycles. The summed E-state index contributed by atoms with van der Waals surface area (Å²) in [6, 6.07) is 2.60. The first-order chi connectivity index (χ1) is 11.6. The number of ether oxygens (including phenoxy) is 2. The van der Waals surface area contributed by atoms with Crippen LogP contribution < -0.4 is 0 Å². The number of hydrogen-bond acceptors (Lipinski definition) is 5. The van der Waals surface area contributed by atoms with Crippen molar-refractivity contribution < 1.29 is 24.5 Å². The number of methoxy groups -OCH3 is 1. The average Bonchev–Trinajstić information content (AvgIpc) is 2.57. The quantitative estimate of drug-likeness (QED) is 0.341. The molecule has 0 fully saturated rings. The first-order valence-corrected chi connectivity index (χ1v) is 8.22. The fourth-order valence-corrected chi connectivity index (χ4v) is 2.76. The first-order valence-electron chi connectivity index (χ1n) is 8.22. The van der Waals surface area contributed by atoms with Crippen molar-refractivity contribution >= 4 is 5.97 Å². The summed E-state index contributed by atoms with van der Waals surface area (Å²) in [6.07, 6.45) is 10.7. The van der Waals surface area contributed by atoms with Crippen molar-refractivity contribution in [2.24, 2.45) is 0 Å². The van der Waals surface area contributed by atoms with E-state index in [4.69, 9.17) is 9.47 Å². The van der Waals surface area contributed by atoms with Gasteiger partial charge in [-0.2, -0.15) is 0 Å². The molecule has 0 radical (unpaired) electrons. The molecule has 1 aromatic rings. The third kappa shape index (κ3) is 3.97. The Bertz CT molecular complexity index is 633. The number of fused-ring (bicyclic) bond motifs is 1. The van der Waals surface area contributed by atoms with E-state index in [1.807, 2.05) is 6.08 Å².